The maximum absolute atomic E-state index is 7.04. The van der Waals surface area contributed by atoms with E-state index < -0.39 is 0 Å². The average Bonchev–Trinajstić information content (AvgIpc) is 2.68. The molecule has 1 aliphatic carbocycles. The van der Waals surface area contributed by atoms with Crippen molar-refractivity contribution in [2.75, 3.05) is 6.54 Å². The molecule has 80 valence electrons. The zero-order valence-electron chi connectivity index (χ0n) is 9.62. The quantitative estimate of drug-likeness (QED) is 0.744. The molecule has 1 aromatic rings. The van der Waals surface area contributed by atoms with Crippen LogP contribution in [0.1, 0.15) is 19.4 Å². The Kier molecular flexibility index (Phi) is 2.82. The molecule has 1 aliphatic rings. The molecular formula is C12H16N2S. The van der Waals surface area contributed by atoms with Gasteiger partial charge in [-0.25, -0.2) is 0 Å². The predicted molar refractivity (Wildman–Crippen MR) is 67.0 cm³/mol. The van der Waals surface area contributed by atoms with E-state index in [0.29, 0.717) is 24.6 Å². The molecule has 2 rings (SSSR count). The third kappa shape index (κ3) is 2.48. The summed E-state index contributed by atoms with van der Waals surface area (Å²) in [5.41, 5.74) is 2.84. The van der Waals surface area contributed by atoms with E-state index >= 15 is 0 Å². The molecule has 0 spiro atoms. The first-order valence-corrected chi connectivity index (χ1v) is 5.61. The van der Waals surface area contributed by atoms with Crippen molar-refractivity contribution in [2.45, 2.75) is 25.8 Å². The maximum atomic E-state index is 7.04. The molecule has 15 heavy (non-hydrogen) atoms. The van der Waals surface area contributed by atoms with E-state index in [1.807, 2.05) is 0 Å². The number of fused-ring (bicyclic) bond motifs is 1. The first kappa shape index (κ1) is 9.16. The Bertz CT molecular complexity index is 356. The Labute approximate surface area is 97.5 Å². The van der Waals surface area contributed by atoms with Crippen LogP contribution in [0.3, 0.4) is 0 Å². The van der Waals surface area contributed by atoms with Gasteiger partial charge in [0.25, 0.3) is 0 Å². The van der Waals surface area contributed by atoms with Gasteiger partial charge in [0.05, 0.1) is 0 Å². The van der Waals surface area contributed by atoms with Crippen LogP contribution in [0.25, 0.3) is 0 Å². The summed E-state index contributed by atoms with van der Waals surface area (Å²) in [5.74, 6) is 0. The fourth-order valence-electron chi connectivity index (χ4n) is 2.01. The molecule has 0 heterocycles. The highest BCUT2D eigenvalue weighted by molar-refractivity contribution is 7.80. The van der Waals surface area contributed by atoms with E-state index in [1.165, 1.54) is 11.1 Å². The fraction of sp³-hybridized carbons (Fsp3) is 0.417. The summed E-state index contributed by atoms with van der Waals surface area (Å²) in [5, 5.41) is 6.99. The predicted octanol–water partition coefficient (Wildman–Crippen LogP) is 1.64. The van der Waals surface area contributed by atoms with E-state index in [4.69, 9.17) is 13.6 Å². The van der Waals surface area contributed by atoms with Crippen LogP contribution in [0.15, 0.2) is 24.3 Å². The van der Waals surface area contributed by atoms with Crippen LogP contribution in [0.2, 0.25) is 0 Å². The number of hydrogen-bond donors (Lipinski definition) is 2. The second kappa shape index (κ2) is 4.62. The molecule has 3 heteroatoms. The highest BCUT2D eigenvalue weighted by atomic mass is 32.1. The highest BCUT2D eigenvalue weighted by Gasteiger charge is 2.20. The second-order valence-corrected chi connectivity index (χ2v) is 4.18. The first-order valence-electron chi connectivity index (χ1n) is 5.90. The van der Waals surface area contributed by atoms with E-state index in [0.717, 1.165) is 12.8 Å². The van der Waals surface area contributed by atoms with Crippen LogP contribution in [0.5, 0.6) is 0 Å². The van der Waals surface area contributed by atoms with E-state index in [1.54, 1.807) is 0 Å². The molecule has 0 unspecified atom stereocenters. The van der Waals surface area contributed by atoms with Gasteiger partial charge in [0.2, 0.25) is 0 Å². The minimum Gasteiger partial charge on any atom is -0.363 e. The summed E-state index contributed by atoms with van der Waals surface area (Å²) in [7, 11) is 0. The molecule has 0 radical (unpaired) electrons. The number of thiocarbonyl (C=S) groups is 1. The van der Waals surface area contributed by atoms with Crippen molar-refractivity contribution >= 4 is 17.3 Å². The molecule has 0 aliphatic heterocycles. The van der Waals surface area contributed by atoms with Crippen molar-refractivity contribution in [1.82, 2.24) is 10.6 Å². The number of rotatable bonds is 2. The lowest BCUT2D eigenvalue weighted by molar-refractivity contribution is 0.636. The zero-order chi connectivity index (χ0) is 11.4. The van der Waals surface area contributed by atoms with Gasteiger partial charge in [0, 0.05) is 14.0 Å². The molecule has 0 fully saturated rings. The van der Waals surface area contributed by atoms with Gasteiger partial charge in [-0.3, -0.25) is 0 Å². The molecule has 1 aromatic carbocycles. The molecule has 2 nitrogen and oxygen atoms in total. The van der Waals surface area contributed by atoms with Crippen LogP contribution < -0.4 is 10.6 Å². The van der Waals surface area contributed by atoms with Crippen LogP contribution in [-0.2, 0) is 12.8 Å². The van der Waals surface area contributed by atoms with Gasteiger partial charge >= 0.3 is 0 Å². The lowest BCUT2D eigenvalue weighted by Crippen LogP contribution is -2.42. The third-order valence-corrected chi connectivity index (χ3v) is 2.93. The fourth-order valence-corrected chi connectivity index (χ4v) is 2.28. The maximum Gasteiger partial charge on any atom is 0.166 e. The topological polar surface area (TPSA) is 24.1 Å². The normalized spacial score (nSPS) is 15.6. The Morgan fingerprint density at radius 1 is 1.47 bits per heavy atom. The molecule has 0 saturated heterocycles. The lowest BCUT2D eigenvalue weighted by atomic mass is 10.1. The van der Waals surface area contributed by atoms with Crippen molar-refractivity contribution in [1.29, 1.82) is 0 Å². The van der Waals surface area contributed by atoms with Crippen LogP contribution >= 0.6 is 12.2 Å². The molecule has 0 amide bonds. The second-order valence-electron chi connectivity index (χ2n) is 3.77. The summed E-state index contributed by atoms with van der Waals surface area (Å²) in [4.78, 5) is 0. The molecule has 0 bridgehead atoms. The van der Waals surface area contributed by atoms with Crippen molar-refractivity contribution in [3.63, 3.8) is 0 Å². The standard InChI is InChI=1S/C12H16N2S/c1-2-13-12(15)14-11-7-9-5-3-4-6-10(9)8-11/h3-6,11H,2,7-8H2,1H3,(H2,13,14,15)/i1T. The molecule has 0 atom stereocenters. The van der Waals surface area contributed by atoms with Gasteiger partial charge in [-0.05, 0) is 43.1 Å². The van der Waals surface area contributed by atoms with E-state index in [9.17, 15) is 0 Å². The van der Waals surface area contributed by atoms with E-state index in [2.05, 4.69) is 34.9 Å². The van der Waals surface area contributed by atoms with Crippen LogP contribution in [0.4, 0.5) is 0 Å². The summed E-state index contributed by atoms with van der Waals surface area (Å²) < 4.78 is 7.04. The van der Waals surface area contributed by atoms with Gasteiger partial charge < -0.3 is 10.6 Å². The Morgan fingerprint density at radius 2 is 2.13 bits per heavy atom. The minimum atomic E-state index is 0.354. The van der Waals surface area contributed by atoms with Crippen molar-refractivity contribution in [2.24, 2.45) is 0 Å². The average molecular weight is 222 g/mol. The van der Waals surface area contributed by atoms with Crippen molar-refractivity contribution < 1.29 is 1.37 Å². The van der Waals surface area contributed by atoms with Gasteiger partial charge in [-0.15, -0.1) is 0 Å². The van der Waals surface area contributed by atoms with E-state index in [-0.39, 0.29) is 0 Å². The van der Waals surface area contributed by atoms with Gasteiger partial charge in [-0.2, -0.15) is 0 Å². The molecule has 0 saturated carbocycles. The highest BCUT2D eigenvalue weighted by Crippen LogP contribution is 2.21. The monoisotopic (exact) mass is 222 g/mol. The van der Waals surface area contributed by atoms with Gasteiger partial charge in [0.1, 0.15) is 0 Å². The summed E-state index contributed by atoms with van der Waals surface area (Å²) in [6, 6.07) is 8.92. The summed E-state index contributed by atoms with van der Waals surface area (Å²) >= 11 is 5.16. The van der Waals surface area contributed by atoms with Gasteiger partial charge in [-0.1, -0.05) is 24.3 Å². The SMILES string of the molecule is [3H]CCNC(=S)NC1Cc2ccccc2C1. The number of benzene rings is 1. The first-order chi connectivity index (χ1) is 7.79. The lowest BCUT2D eigenvalue weighted by Gasteiger charge is -2.14. The molecular weight excluding hydrogens is 204 g/mol. The third-order valence-electron chi connectivity index (χ3n) is 2.67. The summed E-state index contributed by atoms with van der Waals surface area (Å²) in [6.07, 6.45) is 2.08. The zero-order valence-corrected chi connectivity index (χ0v) is 9.44. The number of hydrogen-bond acceptors (Lipinski definition) is 1. The van der Waals surface area contributed by atoms with Crippen LogP contribution in [0, 0.1) is 0 Å². The number of nitrogens with one attached hydrogen (secondary N) is 2. The Hall–Kier alpha value is -1.09. The Balaban J connectivity index is 1.85. The molecule has 2 N–H and O–H groups in total. The van der Waals surface area contributed by atoms with Crippen LogP contribution in [-0.4, -0.2) is 17.7 Å². The Morgan fingerprint density at radius 3 is 2.73 bits per heavy atom. The van der Waals surface area contributed by atoms with Gasteiger partial charge in [0.15, 0.2) is 5.11 Å². The van der Waals surface area contributed by atoms with Crippen molar-refractivity contribution in [3.8, 4) is 0 Å². The smallest absolute Gasteiger partial charge is 0.166 e. The minimum absolute atomic E-state index is 0.354. The van der Waals surface area contributed by atoms with Crippen molar-refractivity contribution in [3.05, 3.63) is 35.4 Å². The molecule has 0 aromatic heterocycles. The largest absolute Gasteiger partial charge is 0.363 e. The summed E-state index contributed by atoms with van der Waals surface area (Å²) in [6.45, 7) is 0.970.